The minimum Gasteiger partial charge on any atom is -0.313 e. The van der Waals surface area contributed by atoms with Crippen LogP contribution in [0.4, 0.5) is 0 Å². The fraction of sp³-hybridized carbons (Fsp3) is 1.00. The molecule has 1 N–H and O–H groups in total. The first-order valence-corrected chi connectivity index (χ1v) is 7.36. The van der Waals surface area contributed by atoms with Crippen molar-refractivity contribution in [1.29, 1.82) is 0 Å². The highest BCUT2D eigenvalue weighted by molar-refractivity contribution is 5.03. The molecule has 0 aliphatic heterocycles. The SMILES string of the molecule is CC1(C)CC1CNC1CCC12CCCCC2. The summed E-state index contributed by atoms with van der Waals surface area (Å²) in [5, 5.41) is 3.90. The van der Waals surface area contributed by atoms with Crippen LogP contribution >= 0.6 is 0 Å². The Morgan fingerprint density at radius 3 is 2.25 bits per heavy atom. The second kappa shape index (κ2) is 3.73. The van der Waals surface area contributed by atoms with Crippen LogP contribution in [0.5, 0.6) is 0 Å². The van der Waals surface area contributed by atoms with E-state index in [9.17, 15) is 0 Å². The van der Waals surface area contributed by atoms with Gasteiger partial charge in [-0.25, -0.2) is 0 Å². The Morgan fingerprint density at radius 1 is 1.06 bits per heavy atom. The Labute approximate surface area is 100 Å². The molecule has 2 atom stereocenters. The molecular weight excluding hydrogens is 194 g/mol. The maximum atomic E-state index is 3.90. The molecule has 1 nitrogen and oxygen atoms in total. The van der Waals surface area contributed by atoms with Gasteiger partial charge in [0.15, 0.2) is 0 Å². The van der Waals surface area contributed by atoms with Gasteiger partial charge in [-0.3, -0.25) is 0 Å². The summed E-state index contributed by atoms with van der Waals surface area (Å²) in [5.41, 5.74) is 1.40. The second-order valence-electron chi connectivity index (χ2n) is 7.31. The van der Waals surface area contributed by atoms with Gasteiger partial charge in [0.1, 0.15) is 0 Å². The van der Waals surface area contributed by atoms with E-state index >= 15 is 0 Å². The molecule has 16 heavy (non-hydrogen) atoms. The topological polar surface area (TPSA) is 12.0 Å². The van der Waals surface area contributed by atoms with Crippen molar-refractivity contribution >= 4 is 0 Å². The summed E-state index contributed by atoms with van der Waals surface area (Å²) in [6, 6.07) is 0.879. The fourth-order valence-corrected chi connectivity index (χ4v) is 4.08. The smallest absolute Gasteiger partial charge is 0.0124 e. The van der Waals surface area contributed by atoms with E-state index in [0.717, 1.165) is 17.4 Å². The molecule has 3 saturated carbocycles. The molecule has 0 heterocycles. The molecule has 1 spiro atoms. The Balaban J connectivity index is 1.48. The van der Waals surface area contributed by atoms with Crippen molar-refractivity contribution in [1.82, 2.24) is 5.32 Å². The van der Waals surface area contributed by atoms with Crippen LogP contribution in [0, 0.1) is 16.7 Å². The molecule has 2 unspecified atom stereocenters. The van der Waals surface area contributed by atoms with Crippen LogP contribution in [-0.2, 0) is 0 Å². The van der Waals surface area contributed by atoms with E-state index in [2.05, 4.69) is 19.2 Å². The lowest BCUT2D eigenvalue weighted by Crippen LogP contribution is -2.54. The number of rotatable bonds is 3. The Bertz CT molecular complexity index is 263. The van der Waals surface area contributed by atoms with Crippen LogP contribution < -0.4 is 5.32 Å². The van der Waals surface area contributed by atoms with Crippen LogP contribution in [0.2, 0.25) is 0 Å². The number of nitrogens with one attached hydrogen (secondary N) is 1. The summed E-state index contributed by atoms with van der Waals surface area (Å²) < 4.78 is 0. The van der Waals surface area contributed by atoms with Crippen LogP contribution in [0.15, 0.2) is 0 Å². The number of hydrogen-bond acceptors (Lipinski definition) is 1. The summed E-state index contributed by atoms with van der Waals surface area (Å²) in [5.74, 6) is 0.966. The lowest BCUT2D eigenvalue weighted by atomic mass is 9.57. The molecule has 0 radical (unpaired) electrons. The van der Waals surface area contributed by atoms with E-state index in [1.165, 1.54) is 57.9 Å². The van der Waals surface area contributed by atoms with Crippen molar-refractivity contribution in [2.45, 2.75) is 71.3 Å². The summed E-state index contributed by atoms with van der Waals surface area (Å²) in [7, 11) is 0. The van der Waals surface area contributed by atoms with Gasteiger partial charge in [-0.1, -0.05) is 33.1 Å². The first-order chi connectivity index (χ1) is 7.62. The highest BCUT2D eigenvalue weighted by Crippen LogP contribution is 2.54. The highest BCUT2D eigenvalue weighted by Gasteiger charge is 2.49. The van der Waals surface area contributed by atoms with Crippen LogP contribution in [-0.4, -0.2) is 12.6 Å². The molecule has 0 saturated heterocycles. The predicted octanol–water partition coefficient (Wildman–Crippen LogP) is 3.74. The monoisotopic (exact) mass is 221 g/mol. The van der Waals surface area contributed by atoms with Gasteiger partial charge in [0.2, 0.25) is 0 Å². The molecule has 0 aromatic heterocycles. The van der Waals surface area contributed by atoms with Gasteiger partial charge in [-0.05, 0) is 55.4 Å². The van der Waals surface area contributed by atoms with Gasteiger partial charge in [0.05, 0.1) is 0 Å². The first kappa shape index (κ1) is 11.1. The molecule has 1 heteroatoms. The van der Waals surface area contributed by atoms with E-state index in [-0.39, 0.29) is 0 Å². The molecule has 3 aliphatic carbocycles. The third kappa shape index (κ3) is 1.81. The van der Waals surface area contributed by atoms with E-state index in [1.54, 1.807) is 0 Å². The van der Waals surface area contributed by atoms with Gasteiger partial charge in [0, 0.05) is 6.04 Å². The van der Waals surface area contributed by atoms with Crippen molar-refractivity contribution in [2.75, 3.05) is 6.54 Å². The lowest BCUT2D eigenvalue weighted by molar-refractivity contribution is 0.0222. The van der Waals surface area contributed by atoms with Crippen molar-refractivity contribution in [3.63, 3.8) is 0 Å². The summed E-state index contributed by atoms with van der Waals surface area (Å²) >= 11 is 0. The van der Waals surface area contributed by atoms with Gasteiger partial charge in [-0.2, -0.15) is 0 Å². The largest absolute Gasteiger partial charge is 0.313 e. The average Bonchev–Trinajstić information content (AvgIpc) is 2.86. The molecule has 0 bridgehead atoms. The third-order valence-electron chi connectivity index (χ3n) is 5.85. The van der Waals surface area contributed by atoms with Gasteiger partial charge < -0.3 is 5.32 Å². The molecule has 0 amide bonds. The van der Waals surface area contributed by atoms with E-state index < -0.39 is 0 Å². The molecule has 92 valence electrons. The minimum absolute atomic E-state index is 0.649. The molecule has 3 aliphatic rings. The zero-order chi connectivity index (χ0) is 11.2. The zero-order valence-corrected chi connectivity index (χ0v) is 11.0. The van der Waals surface area contributed by atoms with E-state index in [1.807, 2.05) is 0 Å². The normalized spacial score (nSPS) is 39.4. The Morgan fingerprint density at radius 2 is 1.75 bits per heavy atom. The molecule has 3 fully saturated rings. The summed E-state index contributed by atoms with van der Waals surface area (Å²) in [4.78, 5) is 0. The predicted molar refractivity (Wildman–Crippen MR) is 68.4 cm³/mol. The van der Waals surface area contributed by atoms with Crippen LogP contribution in [0.1, 0.15) is 65.2 Å². The van der Waals surface area contributed by atoms with E-state index in [4.69, 9.17) is 0 Å². The third-order valence-corrected chi connectivity index (χ3v) is 5.85. The van der Waals surface area contributed by atoms with Gasteiger partial charge >= 0.3 is 0 Å². The maximum Gasteiger partial charge on any atom is 0.0124 e. The molecule has 0 aromatic carbocycles. The Kier molecular flexibility index (Phi) is 2.58. The van der Waals surface area contributed by atoms with Crippen LogP contribution in [0.3, 0.4) is 0 Å². The maximum absolute atomic E-state index is 3.90. The van der Waals surface area contributed by atoms with Crippen molar-refractivity contribution in [3.05, 3.63) is 0 Å². The number of hydrogen-bond donors (Lipinski definition) is 1. The van der Waals surface area contributed by atoms with Crippen LogP contribution in [0.25, 0.3) is 0 Å². The van der Waals surface area contributed by atoms with Crippen molar-refractivity contribution in [3.8, 4) is 0 Å². The van der Waals surface area contributed by atoms with Crippen molar-refractivity contribution < 1.29 is 0 Å². The Hall–Kier alpha value is -0.0400. The highest BCUT2D eigenvalue weighted by atomic mass is 15.0. The summed E-state index contributed by atoms with van der Waals surface area (Å²) in [6.07, 6.45) is 11.9. The first-order valence-electron chi connectivity index (χ1n) is 7.36. The van der Waals surface area contributed by atoms with Gasteiger partial charge in [0.25, 0.3) is 0 Å². The molecule has 3 rings (SSSR count). The molecule has 0 aromatic rings. The lowest BCUT2D eigenvalue weighted by Gasteiger charge is -2.52. The minimum atomic E-state index is 0.649. The molecular formula is C15H27N. The average molecular weight is 221 g/mol. The van der Waals surface area contributed by atoms with Crippen molar-refractivity contribution in [2.24, 2.45) is 16.7 Å². The van der Waals surface area contributed by atoms with Gasteiger partial charge in [-0.15, -0.1) is 0 Å². The van der Waals surface area contributed by atoms with E-state index in [0.29, 0.717) is 5.41 Å². The zero-order valence-electron chi connectivity index (χ0n) is 11.0. The quantitative estimate of drug-likeness (QED) is 0.765. The standard InChI is InChI=1S/C15H27N/c1-14(2)10-12(14)11-16-13-6-9-15(13)7-4-3-5-8-15/h12-13,16H,3-11H2,1-2H3. The fourth-order valence-electron chi connectivity index (χ4n) is 4.08. The summed E-state index contributed by atoms with van der Waals surface area (Å²) in [6.45, 7) is 6.12. The second-order valence-corrected chi connectivity index (χ2v) is 7.31.